The van der Waals surface area contributed by atoms with E-state index in [4.69, 9.17) is 4.42 Å². The van der Waals surface area contributed by atoms with Gasteiger partial charge in [-0.2, -0.15) is 0 Å². The van der Waals surface area contributed by atoms with E-state index in [0.29, 0.717) is 30.1 Å². The molecule has 3 aromatic rings. The number of pyridine rings is 1. The van der Waals surface area contributed by atoms with E-state index in [-0.39, 0.29) is 11.8 Å². The zero-order valence-corrected chi connectivity index (χ0v) is 14.2. The van der Waals surface area contributed by atoms with Gasteiger partial charge in [0.2, 0.25) is 11.6 Å². The van der Waals surface area contributed by atoms with Crippen LogP contribution in [0.4, 0.5) is 5.69 Å². The molecule has 0 saturated carbocycles. The number of anilines is 1. The number of carbonyl (C=O) groups excluding carboxylic acids is 2. The summed E-state index contributed by atoms with van der Waals surface area (Å²) in [5.74, 6) is 0.361. The van der Waals surface area contributed by atoms with Crippen molar-refractivity contribution in [1.82, 2.24) is 15.2 Å². The molecule has 0 radical (unpaired) electrons. The Balaban J connectivity index is 1.71. The second-order valence-corrected chi connectivity index (χ2v) is 6.12. The van der Waals surface area contributed by atoms with Gasteiger partial charge in [0.15, 0.2) is 6.17 Å². The number of amides is 2. The van der Waals surface area contributed by atoms with E-state index in [9.17, 15) is 9.59 Å². The van der Waals surface area contributed by atoms with Crippen molar-refractivity contribution in [3.05, 3.63) is 60.0 Å². The normalized spacial score (nSPS) is 16.3. The second-order valence-electron chi connectivity index (χ2n) is 6.12. The fourth-order valence-electron chi connectivity index (χ4n) is 3.13. The molecular formula is C19H18N4O3. The van der Waals surface area contributed by atoms with Crippen LogP contribution < -0.4 is 10.6 Å². The first kappa shape index (κ1) is 16.1. The van der Waals surface area contributed by atoms with E-state index in [2.05, 4.69) is 15.6 Å². The van der Waals surface area contributed by atoms with Crippen molar-refractivity contribution < 1.29 is 14.0 Å². The Bertz CT molecular complexity index is 949. The molecule has 132 valence electrons. The molecule has 7 heteroatoms. The molecular weight excluding hydrogens is 332 g/mol. The lowest BCUT2D eigenvalue weighted by atomic mass is 10.1. The Kier molecular flexibility index (Phi) is 4.04. The average molecular weight is 350 g/mol. The predicted octanol–water partition coefficient (Wildman–Crippen LogP) is 2.53. The fraction of sp³-hybridized carbons (Fsp3) is 0.211. The maximum absolute atomic E-state index is 13.0. The van der Waals surface area contributed by atoms with Crippen LogP contribution in [0.1, 0.15) is 29.2 Å². The second kappa shape index (κ2) is 6.51. The lowest BCUT2D eigenvalue weighted by molar-refractivity contribution is -0.119. The molecule has 1 aliphatic heterocycles. The van der Waals surface area contributed by atoms with Crippen LogP contribution in [0.2, 0.25) is 0 Å². The van der Waals surface area contributed by atoms with Crippen LogP contribution in [-0.4, -0.2) is 34.8 Å². The number of aromatic nitrogens is 1. The van der Waals surface area contributed by atoms with Crippen molar-refractivity contribution in [3.63, 3.8) is 0 Å². The third-order valence-electron chi connectivity index (χ3n) is 4.33. The molecule has 7 nitrogen and oxygen atoms in total. The van der Waals surface area contributed by atoms with E-state index in [1.165, 1.54) is 6.92 Å². The number of hydrogen-bond acceptors (Lipinski definition) is 5. The Morgan fingerprint density at radius 3 is 2.96 bits per heavy atom. The molecule has 3 heterocycles. The minimum absolute atomic E-state index is 0.108. The van der Waals surface area contributed by atoms with Gasteiger partial charge in [0.1, 0.15) is 5.76 Å². The summed E-state index contributed by atoms with van der Waals surface area (Å²) in [6.45, 7) is 2.17. The summed E-state index contributed by atoms with van der Waals surface area (Å²) in [5.41, 5.74) is 1.88. The average Bonchev–Trinajstić information content (AvgIpc) is 3.07. The Morgan fingerprint density at radius 1 is 1.31 bits per heavy atom. The number of furan rings is 1. The van der Waals surface area contributed by atoms with Crippen LogP contribution in [-0.2, 0) is 4.79 Å². The molecule has 0 saturated heterocycles. The molecule has 0 aliphatic carbocycles. The van der Waals surface area contributed by atoms with Crippen molar-refractivity contribution in [2.75, 3.05) is 18.4 Å². The third-order valence-corrected chi connectivity index (χ3v) is 4.33. The van der Waals surface area contributed by atoms with Gasteiger partial charge in [-0.3, -0.25) is 9.59 Å². The Hall–Kier alpha value is -3.35. The number of rotatable bonds is 4. The number of fused-ring (bicyclic) bond motifs is 2. The number of hydrogen-bond donors (Lipinski definition) is 2. The minimum atomic E-state index is -0.472. The first-order valence-corrected chi connectivity index (χ1v) is 8.39. The number of benzene rings is 1. The van der Waals surface area contributed by atoms with Crippen LogP contribution in [0.15, 0.2) is 53.1 Å². The number of nitrogens with zero attached hydrogens (tertiary/aromatic N) is 2. The lowest BCUT2D eigenvalue weighted by Gasteiger charge is -2.36. The quantitative estimate of drug-likeness (QED) is 0.755. The summed E-state index contributed by atoms with van der Waals surface area (Å²) in [6.07, 6.45) is 1.19. The predicted molar refractivity (Wildman–Crippen MR) is 96.5 cm³/mol. The molecule has 0 fully saturated rings. The Morgan fingerprint density at radius 2 is 2.15 bits per heavy atom. The molecule has 0 spiro atoms. The Labute approximate surface area is 150 Å². The van der Waals surface area contributed by atoms with Crippen LogP contribution in [0.25, 0.3) is 11.1 Å². The van der Waals surface area contributed by atoms with Gasteiger partial charge in [0.05, 0.1) is 5.56 Å². The molecule has 4 rings (SSSR count). The molecule has 2 amide bonds. The van der Waals surface area contributed by atoms with Gasteiger partial charge in [0.25, 0.3) is 5.91 Å². The lowest BCUT2D eigenvalue weighted by Crippen LogP contribution is -2.46. The zero-order chi connectivity index (χ0) is 18.1. The topological polar surface area (TPSA) is 87.5 Å². The summed E-state index contributed by atoms with van der Waals surface area (Å²) in [7, 11) is 0. The maximum atomic E-state index is 13.0. The molecule has 2 N–H and O–H groups in total. The monoisotopic (exact) mass is 350 g/mol. The third kappa shape index (κ3) is 2.88. The number of para-hydroxylation sites is 1. The number of nitrogens with one attached hydrogen (secondary N) is 2. The summed E-state index contributed by atoms with van der Waals surface area (Å²) in [4.78, 5) is 30.1. The fourth-order valence-corrected chi connectivity index (χ4v) is 3.13. The van der Waals surface area contributed by atoms with Crippen LogP contribution in [0.3, 0.4) is 0 Å². The largest absolute Gasteiger partial charge is 0.439 e. The highest BCUT2D eigenvalue weighted by Gasteiger charge is 2.34. The van der Waals surface area contributed by atoms with E-state index in [0.717, 1.165) is 11.1 Å². The van der Waals surface area contributed by atoms with Crippen molar-refractivity contribution in [2.24, 2.45) is 0 Å². The van der Waals surface area contributed by atoms with Gasteiger partial charge >= 0.3 is 0 Å². The van der Waals surface area contributed by atoms with E-state index < -0.39 is 6.17 Å². The van der Waals surface area contributed by atoms with Crippen molar-refractivity contribution in [3.8, 4) is 0 Å². The highest BCUT2D eigenvalue weighted by molar-refractivity contribution is 6.01. The van der Waals surface area contributed by atoms with Gasteiger partial charge in [-0.15, -0.1) is 0 Å². The van der Waals surface area contributed by atoms with Gasteiger partial charge in [-0.05, 0) is 30.3 Å². The van der Waals surface area contributed by atoms with Gasteiger partial charge < -0.3 is 20.0 Å². The zero-order valence-electron chi connectivity index (χ0n) is 14.2. The van der Waals surface area contributed by atoms with Crippen molar-refractivity contribution in [2.45, 2.75) is 13.1 Å². The highest BCUT2D eigenvalue weighted by atomic mass is 16.3. The van der Waals surface area contributed by atoms with Gasteiger partial charge in [0, 0.05) is 37.3 Å². The minimum Gasteiger partial charge on any atom is -0.439 e. The summed E-state index contributed by atoms with van der Waals surface area (Å²) in [6, 6.07) is 13.0. The van der Waals surface area contributed by atoms with Crippen LogP contribution >= 0.6 is 0 Å². The van der Waals surface area contributed by atoms with E-state index in [1.54, 1.807) is 17.2 Å². The summed E-state index contributed by atoms with van der Waals surface area (Å²) < 4.78 is 5.87. The smallest absolute Gasteiger partial charge is 0.258 e. The van der Waals surface area contributed by atoms with Gasteiger partial charge in [-0.1, -0.05) is 12.1 Å². The molecule has 0 bridgehead atoms. The molecule has 1 atom stereocenters. The van der Waals surface area contributed by atoms with Crippen molar-refractivity contribution in [1.29, 1.82) is 0 Å². The van der Waals surface area contributed by atoms with E-state index >= 15 is 0 Å². The first-order chi connectivity index (χ1) is 12.6. The number of carbonyl (C=O) groups is 2. The van der Waals surface area contributed by atoms with E-state index in [1.807, 2.05) is 36.4 Å². The molecule has 26 heavy (non-hydrogen) atoms. The maximum Gasteiger partial charge on any atom is 0.258 e. The summed E-state index contributed by atoms with van der Waals surface area (Å²) >= 11 is 0. The molecule has 1 aliphatic rings. The van der Waals surface area contributed by atoms with Crippen LogP contribution in [0.5, 0.6) is 0 Å². The molecule has 1 aromatic carbocycles. The molecule has 2 aromatic heterocycles. The summed E-state index contributed by atoms with van der Waals surface area (Å²) in [5, 5.41) is 6.97. The SMILES string of the molecule is CC(=O)NCCN1C(=O)c2ccccc2NC1c1cc2cccnc2o1. The standard InChI is InChI=1S/C19H18N4O3/c1-12(24)20-9-10-23-17(16-11-13-5-4-8-21-18(13)26-16)22-15-7-3-2-6-14(15)19(23)25/h2-8,11,17,22H,9-10H2,1H3,(H,20,24). The molecule has 1 unspecified atom stereocenters. The van der Waals surface area contributed by atoms with Crippen LogP contribution in [0, 0.1) is 0 Å². The first-order valence-electron chi connectivity index (χ1n) is 8.39. The van der Waals surface area contributed by atoms with Gasteiger partial charge in [-0.25, -0.2) is 4.98 Å². The highest BCUT2D eigenvalue weighted by Crippen LogP contribution is 2.34. The van der Waals surface area contributed by atoms with Crippen molar-refractivity contribution >= 4 is 28.6 Å².